The van der Waals surface area contributed by atoms with Gasteiger partial charge in [0.1, 0.15) is 11.5 Å². The molecular formula is C18H20O. The number of ether oxygens (including phenoxy) is 1. The van der Waals surface area contributed by atoms with Crippen LogP contribution in [0, 0.1) is 0 Å². The van der Waals surface area contributed by atoms with Crippen LogP contribution in [0.3, 0.4) is 0 Å². The molecule has 0 radical (unpaired) electrons. The van der Waals surface area contributed by atoms with Crippen molar-refractivity contribution in [1.82, 2.24) is 0 Å². The first-order valence-corrected chi connectivity index (χ1v) is 7.27. The zero-order chi connectivity index (χ0) is 13.2. The van der Waals surface area contributed by atoms with Gasteiger partial charge in [-0.1, -0.05) is 50.6 Å². The molecule has 0 saturated heterocycles. The maximum atomic E-state index is 6.19. The van der Waals surface area contributed by atoms with E-state index >= 15 is 0 Å². The molecule has 1 heteroatoms. The molecule has 1 heterocycles. The van der Waals surface area contributed by atoms with Crippen LogP contribution in [0.2, 0.25) is 0 Å². The number of rotatable bonds is 4. The minimum absolute atomic E-state index is 1.02. The SMILES string of the molecule is CCCC1=C(CCC)c2cccc3cccc(c23)O1. The van der Waals surface area contributed by atoms with Gasteiger partial charge in [-0.3, -0.25) is 0 Å². The molecule has 1 aliphatic heterocycles. The lowest BCUT2D eigenvalue weighted by molar-refractivity contribution is 0.403. The lowest BCUT2D eigenvalue weighted by Crippen LogP contribution is -2.07. The third-order valence-electron chi connectivity index (χ3n) is 3.74. The summed E-state index contributed by atoms with van der Waals surface area (Å²) in [5.74, 6) is 2.20. The lowest BCUT2D eigenvalue weighted by Gasteiger charge is -2.24. The summed E-state index contributed by atoms with van der Waals surface area (Å²) >= 11 is 0. The van der Waals surface area contributed by atoms with Crippen molar-refractivity contribution in [2.45, 2.75) is 39.5 Å². The number of allylic oxidation sites excluding steroid dienone is 2. The van der Waals surface area contributed by atoms with Crippen LogP contribution < -0.4 is 4.74 Å². The Balaban J connectivity index is 2.24. The molecule has 1 aliphatic rings. The van der Waals surface area contributed by atoms with E-state index in [2.05, 4.69) is 50.2 Å². The summed E-state index contributed by atoms with van der Waals surface area (Å²) in [4.78, 5) is 0. The molecule has 0 unspecified atom stereocenters. The minimum Gasteiger partial charge on any atom is -0.461 e. The van der Waals surface area contributed by atoms with Crippen molar-refractivity contribution in [2.24, 2.45) is 0 Å². The molecule has 0 spiro atoms. The Morgan fingerprint density at radius 1 is 0.895 bits per heavy atom. The van der Waals surface area contributed by atoms with Crippen molar-refractivity contribution >= 4 is 16.3 Å². The molecule has 0 saturated carbocycles. The van der Waals surface area contributed by atoms with Crippen LogP contribution in [0.4, 0.5) is 0 Å². The summed E-state index contributed by atoms with van der Waals surface area (Å²) in [6, 6.07) is 12.9. The Kier molecular flexibility index (Phi) is 3.29. The van der Waals surface area contributed by atoms with E-state index in [0.29, 0.717) is 0 Å². The second-order valence-corrected chi connectivity index (χ2v) is 5.16. The zero-order valence-electron chi connectivity index (χ0n) is 11.7. The highest BCUT2D eigenvalue weighted by Gasteiger charge is 2.20. The van der Waals surface area contributed by atoms with Gasteiger partial charge in [0.05, 0.1) is 0 Å². The van der Waals surface area contributed by atoms with Gasteiger partial charge in [-0.2, -0.15) is 0 Å². The van der Waals surface area contributed by atoms with E-state index < -0.39 is 0 Å². The van der Waals surface area contributed by atoms with Crippen LogP contribution in [0.5, 0.6) is 5.75 Å². The molecule has 1 nitrogen and oxygen atoms in total. The molecule has 0 fully saturated rings. The van der Waals surface area contributed by atoms with E-state index in [0.717, 1.165) is 31.4 Å². The standard InChI is InChI=1S/C18H20O/c1-3-7-14-15-11-5-9-13-10-6-12-17(18(13)15)19-16(14)8-4-2/h5-6,9-12H,3-4,7-8H2,1-2H3. The predicted octanol–water partition coefficient (Wildman–Crippen LogP) is 5.54. The smallest absolute Gasteiger partial charge is 0.135 e. The van der Waals surface area contributed by atoms with E-state index in [-0.39, 0.29) is 0 Å². The minimum atomic E-state index is 1.02. The molecule has 2 aromatic rings. The lowest BCUT2D eigenvalue weighted by atomic mass is 9.91. The zero-order valence-corrected chi connectivity index (χ0v) is 11.7. The molecule has 0 aromatic heterocycles. The third-order valence-corrected chi connectivity index (χ3v) is 3.74. The second-order valence-electron chi connectivity index (χ2n) is 5.16. The Labute approximate surface area is 114 Å². The topological polar surface area (TPSA) is 9.23 Å². The fourth-order valence-electron chi connectivity index (χ4n) is 2.94. The van der Waals surface area contributed by atoms with Crippen molar-refractivity contribution < 1.29 is 4.74 Å². The fourth-order valence-corrected chi connectivity index (χ4v) is 2.94. The third kappa shape index (κ3) is 2.03. The van der Waals surface area contributed by atoms with E-state index in [1.807, 2.05) is 0 Å². The average Bonchev–Trinajstić information content (AvgIpc) is 2.43. The summed E-state index contributed by atoms with van der Waals surface area (Å²) in [6.07, 6.45) is 4.41. The molecule has 19 heavy (non-hydrogen) atoms. The van der Waals surface area contributed by atoms with Crippen molar-refractivity contribution in [3.8, 4) is 5.75 Å². The molecule has 98 valence electrons. The quantitative estimate of drug-likeness (QED) is 0.693. The maximum absolute atomic E-state index is 6.19. The van der Waals surface area contributed by atoms with Crippen molar-refractivity contribution in [1.29, 1.82) is 0 Å². The highest BCUT2D eigenvalue weighted by molar-refractivity contribution is 6.00. The summed E-state index contributed by atoms with van der Waals surface area (Å²) < 4.78 is 6.19. The van der Waals surface area contributed by atoms with Crippen molar-refractivity contribution in [3.05, 3.63) is 47.7 Å². The van der Waals surface area contributed by atoms with Crippen molar-refractivity contribution in [3.63, 3.8) is 0 Å². The van der Waals surface area contributed by atoms with Gasteiger partial charge in [0.15, 0.2) is 0 Å². The first kappa shape index (κ1) is 12.3. The molecule has 0 bridgehead atoms. The average molecular weight is 252 g/mol. The molecule has 2 aromatic carbocycles. The summed E-state index contributed by atoms with van der Waals surface area (Å²) in [6.45, 7) is 4.44. The second kappa shape index (κ2) is 5.08. The normalized spacial score (nSPS) is 13.8. The van der Waals surface area contributed by atoms with Crippen LogP contribution in [-0.2, 0) is 0 Å². The largest absolute Gasteiger partial charge is 0.461 e. The number of hydrogen-bond donors (Lipinski definition) is 0. The number of hydrogen-bond acceptors (Lipinski definition) is 1. The van der Waals surface area contributed by atoms with Gasteiger partial charge in [-0.05, 0) is 35.4 Å². The van der Waals surface area contributed by atoms with Gasteiger partial charge in [-0.25, -0.2) is 0 Å². The molecule has 0 N–H and O–H groups in total. The highest BCUT2D eigenvalue weighted by Crippen LogP contribution is 2.41. The van der Waals surface area contributed by atoms with Crippen LogP contribution >= 0.6 is 0 Å². The Morgan fingerprint density at radius 3 is 2.37 bits per heavy atom. The molecule has 0 atom stereocenters. The Hall–Kier alpha value is -1.76. The summed E-state index contributed by atoms with van der Waals surface area (Å²) in [5, 5.41) is 2.56. The summed E-state index contributed by atoms with van der Waals surface area (Å²) in [7, 11) is 0. The molecule has 3 rings (SSSR count). The first-order valence-electron chi connectivity index (χ1n) is 7.27. The number of benzene rings is 2. The van der Waals surface area contributed by atoms with Gasteiger partial charge in [0, 0.05) is 11.8 Å². The fraction of sp³-hybridized carbons (Fsp3) is 0.333. The van der Waals surface area contributed by atoms with Crippen LogP contribution in [0.25, 0.3) is 16.3 Å². The molecule has 0 aliphatic carbocycles. The summed E-state index contributed by atoms with van der Waals surface area (Å²) in [5.41, 5.74) is 2.79. The molecular weight excluding hydrogens is 232 g/mol. The van der Waals surface area contributed by atoms with Crippen LogP contribution in [0.15, 0.2) is 42.2 Å². The Morgan fingerprint density at radius 2 is 1.63 bits per heavy atom. The van der Waals surface area contributed by atoms with Crippen molar-refractivity contribution in [2.75, 3.05) is 0 Å². The van der Waals surface area contributed by atoms with E-state index in [9.17, 15) is 0 Å². The van der Waals surface area contributed by atoms with Gasteiger partial charge >= 0.3 is 0 Å². The Bertz CT molecular complexity index is 632. The van der Waals surface area contributed by atoms with Crippen LogP contribution in [-0.4, -0.2) is 0 Å². The van der Waals surface area contributed by atoms with Gasteiger partial charge in [0.25, 0.3) is 0 Å². The molecule has 0 amide bonds. The maximum Gasteiger partial charge on any atom is 0.135 e. The van der Waals surface area contributed by atoms with Gasteiger partial charge in [-0.15, -0.1) is 0 Å². The van der Waals surface area contributed by atoms with E-state index in [4.69, 9.17) is 4.74 Å². The van der Waals surface area contributed by atoms with Gasteiger partial charge < -0.3 is 4.74 Å². The van der Waals surface area contributed by atoms with E-state index in [1.54, 1.807) is 0 Å². The van der Waals surface area contributed by atoms with Gasteiger partial charge in [0.2, 0.25) is 0 Å². The van der Waals surface area contributed by atoms with Crippen LogP contribution in [0.1, 0.15) is 45.1 Å². The predicted molar refractivity (Wildman–Crippen MR) is 81.3 cm³/mol. The highest BCUT2D eigenvalue weighted by atomic mass is 16.5. The van der Waals surface area contributed by atoms with E-state index in [1.165, 1.54) is 27.7 Å². The first-order chi connectivity index (χ1) is 9.35. The monoisotopic (exact) mass is 252 g/mol.